The molecule has 0 aliphatic carbocycles. The molecule has 2 rings (SSSR count). The second kappa shape index (κ2) is 3.96. The van der Waals surface area contributed by atoms with Gasteiger partial charge in [-0.05, 0) is 24.3 Å². The summed E-state index contributed by atoms with van der Waals surface area (Å²) in [6.07, 6.45) is 1.56. The number of rotatable bonds is 3. The first-order valence-corrected chi connectivity index (χ1v) is 4.26. The van der Waals surface area contributed by atoms with Crippen molar-refractivity contribution in [2.24, 2.45) is 0 Å². The van der Waals surface area contributed by atoms with E-state index in [1.54, 1.807) is 36.6 Å². The Morgan fingerprint density at radius 2 is 2.00 bits per heavy atom. The molecule has 0 saturated carbocycles. The molecule has 0 spiro atoms. The van der Waals surface area contributed by atoms with Crippen molar-refractivity contribution in [3.63, 3.8) is 0 Å². The van der Waals surface area contributed by atoms with E-state index in [1.165, 1.54) is 6.07 Å². The Bertz CT molecular complexity index is 395. The summed E-state index contributed by atoms with van der Waals surface area (Å²) in [6.45, 7) is 0.244. The third-order valence-electron chi connectivity index (χ3n) is 1.79. The van der Waals surface area contributed by atoms with Crippen LogP contribution >= 0.6 is 0 Å². The van der Waals surface area contributed by atoms with Crippen LogP contribution in [0.15, 0.2) is 47.1 Å². The van der Waals surface area contributed by atoms with E-state index in [1.807, 2.05) is 0 Å². The van der Waals surface area contributed by atoms with Gasteiger partial charge >= 0.3 is 0 Å². The number of furan rings is 1. The topological polar surface area (TPSA) is 22.4 Å². The maximum atomic E-state index is 13.1. The lowest BCUT2D eigenvalue weighted by molar-refractivity contribution is 0.258. The van der Waals surface area contributed by atoms with E-state index in [2.05, 4.69) is 0 Å². The molecule has 0 atom stereocenters. The van der Waals surface area contributed by atoms with Crippen LogP contribution in [0, 0.1) is 5.82 Å². The normalized spacial score (nSPS) is 10.1. The molecule has 0 amide bonds. The van der Waals surface area contributed by atoms with Gasteiger partial charge in [-0.1, -0.05) is 12.1 Å². The Hall–Kier alpha value is -1.77. The van der Waals surface area contributed by atoms with Crippen molar-refractivity contribution in [2.75, 3.05) is 0 Å². The van der Waals surface area contributed by atoms with E-state index in [0.29, 0.717) is 5.76 Å². The average molecular weight is 192 g/mol. The Balaban J connectivity index is 2.02. The Morgan fingerprint density at radius 3 is 2.71 bits per heavy atom. The average Bonchev–Trinajstić information content (AvgIpc) is 2.69. The van der Waals surface area contributed by atoms with Crippen LogP contribution in [0.3, 0.4) is 0 Å². The highest BCUT2D eigenvalue weighted by Gasteiger charge is 2.02. The van der Waals surface area contributed by atoms with Crippen molar-refractivity contribution < 1.29 is 13.5 Å². The highest BCUT2D eigenvalue weighted by atomic mass is 19.1. The van der Waals surface area contributed by atoms with Crippen molar-refractivity contribution >= 4 is 0 Å². The van der Waals surface area contributed by atoms with Gasteiger partial charge in [-0.15, -0.1) is 0 Å². The van der Waals surface area contributed by atoms with Crippen molar-refractivity contribution in [2.45, 2.75) is 6.61 Å². The summed E-state index contributed by atoms with van der Waals surface area (Å²) in [4.78, 5) is 0. The molecule has 0 saturated heterocycles. The molecule has 0 fully saturated rings. The van der Waals surface area contributed by atoms with E-state index >= 15 is 0 Å². The number of hydrogen-bond donors (Lipinski definition) is 0. The lowest BCUT2D eigenvalue weighted by Crippen LogP contribution is -1.95. The van der Waals surface area contributed by atoms with E-state index < -0.39 is 0 Å². The van der Waals surface area contributed by atoms with E-state index in [0.717, 1.165) is 0 Å². The van der Waals surface area contributed by atoms with Gasteiger partial charge in [0.05, 0.1) is 6.26 Å². The molecule has 3 heteroatoms. The summed E-state index contributed by atoms with van der Waals surface area (Å²) in [5, 5.41) is 0. The summed E-state index contributed by atoms with van der Waals surface area (Å²) in [7, 11) is 0. The second-order valence-corrected chi connectivity index (χ2v) is 2.80. The van der Waals surface area contributed by atoms with Gasteiger partial charge in [-0.25, -0.2) is 4.39 Å². The molecule has 0 aliphatic heterocycles. The second-order valence-electron chi connectivity index (χ2n) is 2.80. The Morgan fingerprint density at radius 1 is 1.14 bits per heavy atom. The Labute approximate surface area is 80.9 Å². The molecular formula is C11H9FO2. The minimum Gasteiger partial charge on any atom is -0.483 e. The van der Waals surface area contributed by atoms with Gasteiger partial charge in [0.15, 0.2) is 11.6 Å². The summed E-state index contributed by atoms with van der Waals surface area (Å²) in [5.74, 6) is 0.552. The number of halogens is 1. The van der Waals surface area contributed by atoms with Crippen molar-refractivity contribution in [1.82, 2.24) is 0 Å². The molecule has 0 bridgehead atoms. The molecule has 72 valence electrons. The van der Waals surface area contributed by atoms with Gasteiger partial charge in [0.2, 0.25) is 0 Å². The molecular weight excluding hydrogens is 183 g/mol. The largest absolute Gasteiger partial charge is 0.483 e. The fraction of sp³-hybridized carbons (Fsp3) is 0.0909. The fourth-order valence-corrected chi connectivity index (χ4v) is 1.11. The first kappa shape index (κ1) is 8.81. The third kappa shape index (κ3) is 1.93. The van der Waals surface area contributed by atoms with Crippen LogP contribution in [0.4, 0.5) is 4.39 Å². The molecule has 2 aromatic rings. The Kier molecular flexibility index (Phi) is 2.49. The fourth-order valence-electron chi connectivity index (χ4n) is 1.11. The van der Waals surface area contributed by atoms with Crippen molar-refractivity contribution in [3.05, 3.63) is 54.2 Å². The monoisotopic (exact) mass is 192 g/mol. The van der Waals surface area contributed by atoms with Crippen LogP contribution in [0.1, 0.15) is 5.76 Å². The maximum Gasteiger partial charge on any atom is 0.165 e. The van der Waals surface area contributed by atoms with Gasteiger partial charge in [-0.2, -0.15) is 0 Å². The lowest BCUT2D eigenvalue weighted by Gasteiger charge is -2.04. The predicted molar refractivity (Wildman–Crippen MR) is 49.4 cm³/mol. The zero-order valence-corrected chi connectivity index (χ0v) is 7.44. The summed E-state index contributed by atoms with van der Waals surface area (Å²) in [5.41, 5.74) is 0. The van der Waals surface area contributed by atoms with Gasteiger partial charge in [0.1, 0.15) is 12.4 Å². The molecule has 1 aromatic carbocycles. The summed E-state index contributed by atoms with van der Waals surface area (Å²) in [6, 6.07) is 9.83. The number of para-hydroxylation sites is 1. The summed E-state index contributed by atoms with van der Waals surface area (Å²) >= 11 is 0. The van der Waals surface area contributed by atoms with Gasteiger partial charge in [0, 0.05) is 0 Å². The number of benzene rings is 1. The van der Waals surface area contributed by atoms with E-state index in [9.17, 15) is 4.39 Å². The predicted octanol–water partition coefficient (Wildman–Crippen LogP) is 3.00. The molecule has 14 heavy (non-hydrogen) atoms. The smallest absolute Gasteiger partial charge is 0.165 e. The van der Waals surface area contributed by atoms with Crippen molar-refractivity contribution in [1.29, 1.82) is 0 Å². The molecule has 2 nitrogen and oxygen atoms in total. The van der Waals surface area contributed by atoms with Gasteiger partial charge in [-0.3, -0.25) is 0 Å². The molecule has 1 heterocycles. The summed E-state index contributed by atoms with van der Waals surface area (Å²) < 4.78 is 23.3. The first-order chi connectivity index (χ1) is 6.86. The first-order valence-electron chi connectivity index (χ1n) is 4.26. The molecule has 0 N–H and O–H groups in total. The maximum absolute atomic E-state index is 13.1. The highest BCUT2D eigenvalue weighted by molar-refractivity contribution is 5.23. The van der Waals surface area contributed by atoms with Crippen LogP contribution in [0.5, 0.6) is 5.75 Å². The van der Waals surface area contributed by atoms with E-state index in [4.69, 9.17) is 9.15 Å². The quantitative estimate of drug-likeness (QED) is 0.745. The lowest BCUT2D eigenvalue weighted by atomic mass is 10.3. The van der Waals surface area contributed by atoms with Crippen LogP contribution in [0.25, 0.3) is 0 Å². The minimum absolute atomic E-state index is 0.240. The molecule has 0 unspecified atom stereocenters. The van der Waals surface area contributed by atoms with Crippen LogP contribution < -0.4 is 4.74 Å². The minimum atomic E-state index is -0.362. The van der Waals surface area contributed by atoms with Crippen LogP contribution in [0.2, 0.25) is 0 Å². The van der Waals surface area contributed by atoms with Gasteiger partial charge in [0.25, 0.3) is 0 Å². The van der Waals surface area contributed by atoms with E-state index in [-0.39, 0.29) is 18.2 Å². The third-order valence-corrected chi connectivity index (χ3v) is 1.79. The standard InChI is InChI=1S/C11H9FO2/c12-10-5-1-2-6-11(10)14-8-9-4-3-7-13-9/h1-7H,8H2. The molecule has 0 radical (unpaired) electrons. The molecule has 1 aromatic heterocycles. The van der Waals surface area contributed by atoms with Crippen molar-refractivity contribution in [3.8, 4) is 5.75 Å². The van der Waals surface area contributed by atoms with Crippen LogP contribution in [-0.4, -0.2) is 0 Å². The zero-order chi connectivity index (χ0) is 9.80. The van der Waals surface area contributed by atoms with Gasteiger partial charge < -0.3 is 9.15 Å². The molecule has 0 aliphatic rings. The zero-order valence-electron chi connectivity index (χ0n) is 7.44. The number of ether oxygens (including phenoxy) is 1. The number of hydrogen-bond acceptors (Lipinski definition) is 2. The van der Waals surface area contributed by atoms with Crippen LogP contribution in [-0.2, 0) is 6.61 Å². The highest BCUT2D eigenvalue weighted by Crippen LogP contribution is 2.16. The SMILES string of the molecule is Fc1ccccc1OCc1ccco1.